The summed E-state index contributed by atoms with van der Waals surface area (Å²) in [5.41, 5.74) is -0.638. The SMILES string of the molecule is CN1CCC(OC(=O)C(O)(c2ccccc2)c2cccc(C(=O)NCCCCNCC(O)c3ccc(O)c4[nH]c(=O)ccc34)c2)C1. The van der Waals surface area contributed by atoms with E-state index in [1.165, 1.54) is 18.2 Å². The standard InChI is InChI=1S/C35H40N4O7/c1-39-19-16-26(22-39)46-34(44)35(45,24-9-3-2-4-10-24)25-11-7-8-23(20-25)33(43)37-18-6-5-17-36-21-30(41)27-12-14-29(40)32-28(27)13-15-31(42)38-32/h2-4,7-15,20,26,30,36,40-41,45H,5-6,16-19,21-22H2,1H3,(H,37,43)(H,38,42). The van der Waals surface area contributed by atoms with Crippen LogP contribution >= 0.6 is 0 Å². The minimum Gasteiger partial charge on any atom is -0.506 e. The number of unbranched alkanes of at least 4 members (excludes halogenated alkanes) is 1. The fourth-order valence-corrected chi connectivity index (χ4v) is 5.77. The zero-order valence-electron chi connectivity index (χ0n) is 25.7. The summed E-state index contributed by atoms with van der Waals surface area (Å²) in [6, 6.07) is 21.0. The van der Waals surface area contributed by atoms with E-state index in [2.05, 4.69) is 20.5 Å². The van der Waals surface area contributed by atoms with Crippen molar-refractivity contribution in [1.29, 1.82) is 0 Å². The Hall–Kier alpha value is -4.55. The van der Waals surface area contributed by atoms with Crippen molar-refractivity contribution in [2.75, 3.05) is 39.8 Å². The molecule has 2 heterocycles. The van der Waals surface area contributed by atoms with Gasteiger partial charge in [-0.1, -0.05) is 48.5 Å². The summed E-state index contributed by atoms with van der Waals surface area (Å²) in [5, 5.41) is 39.3. The van der Waals surface area contributed by atoms with Crippen LogP contribution in [0.1, 0.15) is 52.4 Å². The average molecular weight is 629 g/mol. The number of H-pyrrole nitrogens is 1. The Balaban J connectivity index is 1.13. The summed E-state index contributed by atoms with van der Waals surface area (Å²) in [7, 11) is 1.95. The third-order valence-corrected chi connectivity index (χ3v) is 8.32. The number of rotatable bonds is 13. The Morgan fingerprint density at radius 1 is 1.02 bits per heavy atom. The number of ether oxygens (including phenoxy) is 1. The Labute approximate surface area is 266 Å². The van der Waals surface area contributed by atoms with Crippen LogP contribution in [0.5, 0.6) is 5.75 Å². The molecule has 1 amide bonds. The first-order chi connectivity index (χ1) is 22.2. The molecule has 0 spiro atoms. The quantitative estimate of drug-likeness (QED) is 0.0965. The van der Waals surface area contributed by atoms with Gasteiger partial charge in [-0.2, -0.15) is 0 Å². The highest BCUT2D eigenvalue weighted by molar-refractivity contribution is 5.95. The van der Waals surface area contributed by atoms with Gasteiger partial charge in [-0.15, -0.1) is 0 Å². The Morgan fingerprint density at radius 2 is 1.78 bits per heavy atom. The van der Waals surface area contributed by atoms with E-state index in [-0.39, 0.29) is 40.9 Å². The van der Waals surface area contributed by atoms with E-state index in [1.807, 2.05) is 7.05 Å². The second-order valence-corrected chi connectivity index (χ2v) is 11.7. The normalized spacial score (nSPS) is 17.0. The molecule has 4 aromatic rings. The molecule has 3 atom stereocenters. The fraction of sp³-hybridized carbons (Fsp3) is 0.343. The lowest BCUT2D eigenvalue weighted by atomic mass is 9.85. The van der Waals surface area contributed by atoms with Gasteiger partial charge in [0.15, 0.2) is 0 Å². The van der Waals surface area contributed by atoms with E-state index in [9.17, 15) is 29.7 Å². The number of fused-ring (bicyclic) bond motifs is 1. The number of hydrogen-bond acceptors (Lipinski definition) is 9. The lowest BCUT2D eigenvalue weighted by molar-refractivity contribution is -0.167. The summed E-state index contributed by atoms with van der Waals surface area (Å²) in [6.07, 6.45) is 0.911. The number of esters is 1. The Morgan fingerprint density at radius 3 is 2.54 bits per heavy atom. The summed E-state index contributed by atoms with van der Waals surface area (Å²) in [5.74, 6) is -1.17. The van der Waals surface area contributed by atoms with Crippen LogP contribution in [0.25, 0.3) is 10.9 Å². The minimum absolute atomic E-state index is 0.0627. The van der Waals surface area contributed by atoms with Crippen LogP contribution in [0.4, 0.5) is 0 Å². The highest BCUT2D eigenvalue weighted by atomic mass is 16.6. The van der Waals surface area contributed by atoms with Crippen LogP contribution in [-0.4, -0.2) is 83.0 Å². The van der Waals surface area contributed by atoms with E-state index in [0.717, 1.165) is 13.0 Å². The van der Waals surface area contributed by atoms with Crippen molar-refractivity contribution in [2.24, 2.45) is 0 Å². The number of likely N-dealkylation sites (tertiary alicyclic amines) is 1. The summed E-state index contributed by atoms with van der Waals surface area (Å²) < 4.78 is 5.76. The number of carbonyl (C=O) groups is 2. The van der Waals surface area contributed by atoms with E-state index in [0.29, 0.717) is 54.6 Å². The van der Waals surface area contributed by atoms with Gasteiger partial charge in [0.1, 0.15) is 11.9 Å². The van der Waals surface area contributed by atoms with E-state index < -0.39 is 17.7 Å². The first-order valence-electron chi connectivity index (χ1n) is 15.5. The molecular formula is C35H40N4O7. The minimum atomic E-state index is -2.08. The van der Waals surface area contributed by atoms with Crippen molar-refractivity contribution >= 4 is 22.8 Å². The number of amides is 1. The number of aromatic amines is 1. The molecule has 1 aliphatic rings. The maximum atomic E-state index is 13.5. The predicted octanol–water partition coefficient (Wildman–Crippen LogP) is 2.55. The number of pyridine rings is 1. The van der Waals surface area contributed by atoms with Gasteiger partial charge in [0.05, 0.1) is 11.6 Å². The molecule has 0 aliphatic carbocycles. The second kappa shape index (κ2) is 14.7. The molecule has 0 bridgehead atoms. The number of nitrogens with one attached hydrogen (secondary N) is 3. The number of phenols is 1. The van der Waals surface area contributed by atoms with Crippen LogP contribution in [0.2, 0.25) is 0 Å². The molecule has 1 aliphatic heterocycles. The average Bonchev–Trinajstić information content (AvgIpc) is 3.48. The van der Waals surface area contributed by atoms with Crippen molar-refractivity contribution in [3.05, 3.63) is 111 Å². The number of nitrogens with zero attached hydrogens (tertiary/aromatic N) is 1. The molecular weight excluding hydrogens is 588 g/mol. The molecule has 11 nitrogen and oxygen atoms in total. The smallest absolute Gasteiger partial charge is 0.348 e. The van der Waals surface area contributed by atoms with Gasteiger partial charge in [0, 0.05) is 48.8 Å². The molecule has 6 N–H and O–H groups in total. The van der Waals surface area contributed by atoms with Crippen molar-refractivity contribution in [2.45, 2.75) is 37.1 Å². The Kier molecular flexibility index (Phi) is 10.5. The number of benzene rings is 3. The largest absolute Gasteiger partial charge is 0.506 e. The van der Waals surface area contributed by atoms with Crippen LogP contribution in [0, 0.1) is 0 Å². The highest BCUT2D eigenvalue weighted by Gasteiger charge is 2.43. The van der Waals surface area contributed by atoms with Crippen molar-refractivity contribution in [3.8, 4) is 5.75 Å². The van der Waals surface area contributed by atoms with Crippen LogP contribution in [-0.2, 0) is 15.1 Å². The van der Waals surface area contributed by atoms with Gasteiger partial charge in [-0.3, -0.25) is 9.59 Å². The summed E-state index contributed by atoms with van der Waals surface area (Å²) in [6.45, 7) is 2.66. The van der Waals surface area contributed by atoms with Gasteiger partial charge >= 0.3 is 5.97 Å². The lowest BCUT2D eigenvalue weighted by Crippen LogP contribution is -2.41. The second-order valence-electron chi connectivity index (χ2n) is 11.7. The predicted molar refractivity (Wildman–Crippen MR) is 174 cm³/mol. The number of aromatic hydroxyl groups is 1. The topological polar surface area (TPSA) is 164 Å². The number of aromatic nitrogens is 1. The number of carbonyl (C=O) groups excluding carboxylic acids is 2. The fourth-order valence-electron chi connectivity index (χ4n) is 5.77. The third-order valence-electron chi connectivity index (χ3n) is 8.32. The number of likely N-dealkylation sites (N-methyl/N-ethyl adjacent to an activating group) is 1. The van der Waals surface area contributed by atoms with Gasteiger partial charge < -0.3 is 40.6 Å². The zero-order chi connectivity index (χ0) is 32.7. The van der Waals surface area contributed by atoms with Crippen molar-refractivity contribution < 1.29 is 29.6 Å². The van der Waals surface area contributed by atoms with Gasteiger partial charge in [0.2, 0.25) is 11.2 Å². The summed E-state index contributed by atoms with van der Waals surface area (Å²) >= 11 is 0. The molecule has 242 valence electrons. The number of hydrogen-bond donors (Lipinski definition) is 6. The van der Waals surface area contributed by atoms with Gasteiger partial charge in [-0.05, 0) is 68.2 Å². The molecule has 1 fully saturated rings. The van der Waals surface area contributed by atoms with Gasteiger partial charge in [-0.25, -0.2) is 4.79 Å². The molecule has 0 saturated carbocycles. The van der Waals surface area contributed by atoms with Crippen LogP contribution in [0.15, 0.2) is 83.7 Å². The molecule has 11 heteroatoms. The number of aliphatic hydroxyl groups excluding tert-OH is 1. The molecule has 3 aromatic carbocycles. The molecule has 3 unspecified atom stereocenters. The molecule has 5 rings (SSSR count). The maximum Gasteiger partial charge on any atom is 0.348 e. The monoisotopic (exact) mass is 628 g/mol. The number of aliphatic hydroxyl groups is 2. The highest BCUT2D eigenvalue weighted by Crippen LogP contribution is 2.33. The first kappa shape index (κ1) is 32.8. The van der Waals surface area contributed by atoms with Crippen LogP contribution < -0.4 is 16.2 Å². The summed E-state index contributed by atoms with van der Waals surface area (Å²) in [4.78, 5) is 42.8. The third kappa shape index (κ3) is 7.45. The van der Waals surface area contributed by atoms with Crippen LogP contribution in [0.3, 0.4) is 0 Å². The molecule has 0 radical (unpaired) electrons. The molecule has 1 aromatic heterocycles. The Bertz CT molecular complexity index is 1730. The lowest BCUT2D eigenvalue weighted by Gasteiger charge is -2.29. The maximum absolute atomic E-state index is 13.5. The van der Waals surface area contributed by atoms with Crippen molar-refractivity contribution in [3.63, 3.8) is 0 Å². The van der Waals surface area contributed by atoms with E-state index in [4.69, 9.17) is 4.74 Å². The molecule has 1 saturated heterocycles. The van der Waals surface area contributed by atoms with Crippen molar-refractivity contribution in [1.82, 2.24) is 20.5 Å². The number of phenolic OH excluding ortho intramolecular Hbond substituents is 1. The first-order valence-corrected chi connectivity index (χ1v) is 15.5. The molecule has 46 heavy (non-hydrogen) atoms. The van der Waals surface area contributed by atoms with E-state index in [1.54, 1.807) is 60.7 Å². The zero-order valence-corrected chi connectivity index (χ0v) is 25.7. The van der Waals surface area contributed by atoms with Gasteiger partial charge in [0.25, 0.3) is 5.91 Å². The van der Waals surface area contributed by atoms with E-state index >= 15 is 0 Å².